The molecule has 0 aliphatic heterocycles. The average molecular weight is 249 g/mol. The summed E-state index contributed by atoms with van der Waals surface area (Å²) in [6, 6.07) is 5.30. The van der Waals surface area contributed by atoms with Crippen LogP contribution in [0.25, 0.3) is 6.08 Å². The van der Waals surface area contributed by atoms with E-state index in [4.69, 9.17) is 9.47 Å². The fraction of sp³-hybridized carbons (Fsp3) is 0.357. The number of nitrogens with one attached hydrogen (secondary N) is 1. The van der Waals surface area contributed by atoms with Crippen LogP contribution in [0.5, 0.6) is 5.75 Å². The summed E-state index contributed by atoms with van der Waals surface area (Å²) in [6.45, 7) is 9.14. The van der Waals surface area contributed by atoms with Crippen molar-refractivity contribution in [3.8, 4) is 5.75 Å². The number of ether oxygens (including phenoxy) is 2. The van der Waals surface area contributed by atoms with Gasteiger partial charge in [-0.15, -0.1) is 0 Å². The Labute approximate surface area is 108 Å². The predicted octanol–water partition coefficient (Wildman–Crippen LogP) is 3.69. The predicted molar refractivity (Wildman–Crippen MR) is 72.9 cm³/mol. The highest BCUT2D eigenvalue weighted by atomic mass is 16.6. The minimum absolute atomic E-state index is 0.490. The van der Waals surface area contributed by atoms with Gasteiger partial charge in [0, 0.05) is 5.56 Å². The fourth-order valence-electron chi connectivity index (χ4n) is 1.36. The molecule has 0 fully saturated rings. The Bertz CT molecular complexity index is 447. The molecule has 0 aromatic heterocycles. The van der Waals surface area contributed by atoms with Gasteiger partial charge in [0.25, 0.3) is 0 Å². The quantitative estimate of drug-likeness (QED) is 0.888. The first-order chi connectivity index (χ1) is 8.35. The van der Waals surface area contributed by atoms with Crippen LogP contribution in [-0.4, -0.2) is 18.8 Å². The van der Waals surface area contributed by atoms with E-state index >= 15 is 0 Å². The van der Waals surface area contributed by atoms with Crippen molar-refractivity contribution < 1.29 is 14.3 Å². The molecule has 0 saturated heterocycles. The van der Waals surface area contributed by atoms with Crippen molar-refractivity contribution in [2.24, 2.45) is 0 Å². The fourth-order valence-corrected chi connectivity index (χ4v) is 1.36. The number of methoxy groups -OCH3 is 1. The topological polar surface area (TPSA) is 47.6 Å². The third-order valence-electron chi connectivity index (χ3n) is 2.11. The number of hydrogen-bond donors (Lipinski definition) is 1. The summed E-state index contributed by atoms with van der Waals surface area (Å²) in [7, 11) is 1.59. The van der Waals surface area contributed by atoms with E-state index in [1.54, 1.807) is 31.4 Å². The Morgan fingerprint density at radius 3 is 2.56 bits per heavy atom. The standard InChI is InChI=1S/C14H19NO3/c1-6-10-9-11(17-5)7-8-12(10)15-13(16)18-14(2,3)4/h6-9H,1H2,2-5H3,(H,15,16). The van der Waals surface area contributed by atoms with E-state index < -0.39 is 11.7 Å². The largest absolute Gasteiger partial charge is 0.497 e. The van der Waals surface area contributed by atoms with Crippen LogP contribution in [0.2, 0.25) is 0 Å². The van der Waals surface area contributed by atoms with Crippen molar-refractivity contribution in [2.75, 3.05) is 12.4 Å². The molecule has 18 heavy (non-hydrogen) atoms. The molecule has 1 amide bonds. The SMILES string of the molecule is C=Cc1cc(OC)ccc1NC(=O)OC(C)(C)C. The molecule has 4 heteroatoms. The summed E-state index contributed by atoms with van der Waals surface area (Å²) in [5.41, 5.74) is 0.894. The summed E-state index contributed by atoms with van der Waals surface area (Å²) in [6.07, 6.45) is 1.16. The molecule has 98 valence electrons. The molecule has 0 spiro atoms. The maximum absolute atomic E-state index is 11.7. The van der Waals surface area contributed by atoms with Crippen molar-refractivity contribution >= 4 is 17.9 Å². The van der Waals surface area contributed by atoms with Crippen molar-refractivity contribution in [2.45, 2.75) is 26.4 Å². The van der Waals surface area contributed by atoms with Crippen LogP contribution in [0.3, 0.4) is 0 Å². The van der Waals surface area contributed by atoms with Gasteiger partial charge in [-0.25, -0.2) is 4.79 Å². The van der Waals surface area contributed by atoms with Gasteiger partial charge in [-0.05, 0) is 39.0 Å². The van der Waals surface area contributed by atoms with E-state index in [1.165, 1.54) is 0 Å². The average Bonchev–Trinajstić information content (AvgIpc) is 2.27. The molecule has 1 rings (SSSR count). The molecule has 0 saturated carbocycles. The number of hydrogen-bond acceptors (Lipinski definition) is 3. The van der Waals surface area contributed by atoms with Crippen molar-refractivity contribution in [3.05, 3.63) is 30.3 Å². The molecule has 1 aromatic carbocycles. The van der Waals surface area contributed by atoms with E-state index in [0.717, 1.165) is 5.56 Å². The molecule has 0 radical (unpaired) electrons. The van der Waals surface area contributed by atoms with Crippen LogP contribution in [-0.2, 0) is 4.74 Å². The number of carbonyl (C=O) groups is 1. The van der Waals surface area contributed by atoms with Gasteiger partial charge < -0.3 is 9.47 Å². The molecule has 0 aliphatic carbocycles. The zero-order valence-corrected chi connectivity index (χ0v) is 11.2. The number of anilines is 1. The molecule has 1 N–H and O–H groups in total. The summed E-state index contributed by atoms with van der Waals surface area (Å²) in [4.78, 5) is 11.7. The van der Waals surface area contributed by atoms with Gasteiger partial charge in [0.05, 0.1) is 12.8 Å². The van der Waals surface area contributed by atoms with Crippen molar-refractivity contribution in [1.82, 2.24) is 0 Å². The number of carbonyl (C=O) groups excluding carboxylic acids is 1. The van der Waals surface area contributed by atoms with Crippen LogP contribution < -0.4 is 10.1 Å². The number of amides is 1. The summed E-state index contributed by atoms with van der Waals surface area (Å²) in [5.74, 6) is 0.708. The minimum atomic E-state index is -0.523. The molecule has 0 aliphatic rings. The monoisotopic (exact) mass is 249 g/mol. The first-order valence-corrected chi connectivity index (χ1v) is 5.66. The molecule has 4 nitrogen and oxygen atoms in total. The lowest BCUT2D eigenvalue weighted by atomic mass is 10.1. The summed E-state index contributed by atoms with van der Waals surface area (Å²) < 4.78 is 10.3. The molecule has 0 unspecified atom stereocenters. The second-order valence-electron chi connectivity index (χ2n) is 4.78. The van der Waals surface area contributed by atoms with Crippen LogP contribution in [0.1, 0.15) is 26.3 Å². The van der Waals surface area contributed by atoms with Gasteiger partial charge >= 0.3 is 6.09 Å². The maximum atomic E-state index is 11.7. The van der Waals surface area contributed by atoms with E-state index in [0.29, 0.717) is 11.4 Å². The normalized spacial score (nSPS) is 10.7. The van der Waals surface area contributed by atoms with Crippen LogP contribution in [0.15, 0.2) is 24.8 Å². The highest BCUT2D eigenvalue weighted by molar-refractivity contribution is 5.88. The second kappa shape index (κ2) is 5.58. The Morgan fingerprint density at radius 1 is 1.39 bits per heavy atom. The smallest absolute Gasteiger partial charge is 0.412 e. The number of rotatable bonds is 3. The van der Waals surface area contributed by atoms with E-state index in [9.17, 15) is 4.79 Å². The van der Waals surface area contributed by atoms with Crippen LogP contribution >= 0.6 is 0 Å². The lowest BCUT2D eigenvalue weighted by molar-refractivity contribution is 0.0636. The van der Waals surface area contributed by atoms with Crippen molar-refractivity contribution in [3.63, 3.8) is 0 Å². The highest BCUT2D eigenvalue weighted by Crippen LogP contribution is 2.23. The maximum Gasteiger partial charge on any atom is 0.412 e. The Kier molecular flexibility index (Phi) is 4.37. The minimum Gasteiger partial charge on any atom is -0.497 e. The first-order valence-electron chi connectivity index (χ1n) is 5.66. The molecule has 0 bridgehead atoms. The van der Waals surface area contributed by atoms with E-state index in [-0.39, 0.29) is 0 Å². The summed E-state index contributed by atoms with van der Waals surface area (Å²) >= 11 is 0. The van der Waals surface area contributed by atoms with Gasteiger partial charge in [0.15, 0.2) is 0 Å². The third kappa shape index (κ3) is 4.13. The zero-order chi connectivity index (χ0) is 13.8. The highest BCUT2D eigenvalue weighted by Gasteiger charge is 2.16. The Morgan fingerprint density at radius 2 is 2.06 bits per heavy atom. The van der Waals surface area contributed by atoms with Crippen LogP contribution in [0.4, 0.5) is 10.5 Å². The van der Waals surface area contributed by atoms with Gasteiger partial charge in [-0.2, -0.15) is 0 Å². The molecular formula is C14H19NO3. The molecular weight excluding hydrogens is 230 g/mol. The number of benzene rings is 1. The zero-order valence-electron chi connectivity index (χ0n) is 11.2. The molecule has 0 heterocycles. The lowest BCUT2D eigenvalue weighted by Crippen LogP contribution is -2.27. The van der Waals surface area contributed by atoms with Gasteiger partial charge in [-0.3, -0.25) is 5.32 Å². The third-order valence-corrected chi connectivity index (χ3v) is 2.11. The molecule has 1 aromatic rings. The van der Waals surface area contributed by atoms with E-state index in [1.807, 2.05) is 20.8 Å². The second-order valence-corrected chi connectivity index (χ2v) is 4.78. The lowest BCUT2D eigenvalue weighted by Gasteiger charge is -2.20. The van der Waals surface area contributed by atoms with Gasteiger partial charge in [-0.1, -0.05) is 12.7 Å². The Balaban J connectivity index is 2.84. The molecule has 0 atom stereocenters. The first kappa shape index (κ1) is 14.1. The van der Waals surface area contributed by atoms with E-state index in [2.05, 4.69) is 11.9 Å². The van der Waals surface area contributed by atoms with Gasteiger partial charge in [0.1, 0.15) is 11.4 Å². The van der Waals surface area contributed by atoms with Crippen molar-refractivity contribution in [1.29, 1.82) is 0 Å². The summed E-state index contributed by atoms with van der Waals surface area (Å²) in [5, 5.41) is 2.68. The Hall–Kier alpha value is -1.97. The van der Waals surface area contributed by atoms with Crippen LogP contribution in [0, 0.1) is 0 Å². The van der Waals surface area contributed by atoms with Gasteiger partial charge in [0.2, 0.25) is 0 Å².